The molecule has 0 spiro atoms. The highest BCUT2D eigenvalue weighted by Gasteiger charge is 2.26. The minimum atomic E-state index is -0.947. The molecule has 0 aliphatic carbocycles. The lowest BCUT2D eigenvalue weighted by Gasteiger charge is -2.19. The summed E-state index contributed by atoms with van der Waals surface area (Å²) in [7, 11) is 1.38. The average molecular weight is 335 g/mol. The highest BCUT2D eigenvalue weighted by Crippen LogP contribution is 2.34. The van der Waals surface area contributed by atoms with E-state index in [4.69, 9.17) is 4.74 Å². The smallest absolute Gasteiger partial charge is 0.327 e. The molecule has 1 aromatic heterocycles. The monoisotopic (exact) mass is 335 g/mol. The molecule has 2 heterocycles. The predicted octanol–water partition coefficient (Wildman–Crippen LogP) is 2.84. The molecule has 0 saturated heterocycles. The highest BCUT2D eigenvalue weighted by atomic mass is 19.1. The molecule has 3 rings (SSSR count). The van der Waals surface area contributed by atoms with Crippen LogP contribution in [-0.4, -0.2) is 26.8 Å². The Morgan fingerprint density at radius 2 is 2.21 bits per heavy atom. The maximum atomic E-state index is 14.0. The number of nitrogens with one attached hydrogen (secondary N) is 1. The number of nitro benzene ring substituents is 1. The van der Waals surface area contributed by atoms with Crippen molar-refractivity contribution >= 4 is 11.4 Å². The van der Waals surface area contributed by atoms with Gasteiger partial charge in [0.15, 0.2) is 5.82 Å². The molecule has 8 nitrogen and oxygen atoms in total. The molecule has 0 amide bonds. The second-order valence-corrected chi connectivity index (χ2v) is 5.71. The maximum Gasteiger partial charge on any atom is 0.327 e. The number of hydrogen-bond acceptors (Lipinski definition) is 6. The van der Waals surface area contributed by atoms with Crippen LogP contribution in [0.2, 0.25) is 0 Å². The van der Waals surface area contributed by atoms with Crippen molar-refractivity contribution in [1.29, 1.82) is 0 Å². The van der Waals surface area contributed by atoms with Crippen molar-refractivity contribution < 1.29 is 14.1 Å². The summed E-state index contributed by atoms with van der Waals surface area (Å²) in [5, 5.41) is 22.5. The van der Waals surface area contributed by atoms with Crippen molar-refractivity contribution in [3.05, 3.63) is 39.7 Å². The fraction of sp³-hybridized carbons (Fsp3) is 0.467. The molecule has 0 saturated carbocycles. The van der Waals surface area contributed by atoms with E-state index in [9.17, 15) is 14.5 Å². The van der Waals surface area contributed by atoms with Crippen LogP contribution in [0.5, 0.6) is 5.75 Å². The molecule has 1 aliphatic heterocycles. The predicted molar refractivity (Wildman–Crippen MR) is 84.6 cm³/mol. The molecular weight excluding hydrogens is 317 g/mol. The van der Waals surface area contributed by atoms with Gasteiger partial charge in [0, 0.05) is 25.1 Å². The van der Waals surface area contributed by atoms with Gasteiger partial charge in [-0.05, 0) is 19.8 Å². The summed E-state index contributed by atoms with van der Waals surface area (Å²) < 4.78 is 21.0. The van der Waals surface area contributed by atoms with Crippen LogP contribution in [0.3, 0.4) is 0 Å². The summed E-state index contributed by atoms with van der Waals surface area (Å²) in [6, 6.07) is 2.03. The first-order valence-corrected chi connectivity index (χ1v) is 7.71. The fourth-order valence-electron chi connectivity index (χ4n) is 2.94. The number of aryl methyl sites for hydroxylation is 1. The molecule has 1 unspecified atom stereocenters. The number of fused-ring (bicyclic) bond motifs is 1. The number of aromatic nitrogens is 3. The van der Waals surface area contributed by atoms with Gasteiger partial charge in [0.05, 0.1) is 18.1 Å². The third-order valence-corrected chi connectivity index (χ3v) is 4.10. The molecule has 2 aromatic rings. The van der Waals surface area contributed by atoms with E-state index in [0.29, 0.717) is 5.82 Å². The van der Waals surface area contributed by atoms with Gasteiger partial charge in [-0.1, -0.05) is 0 Å². The zero-order valence-electron chi connectivity index (χ0n) is 13.5. The van der Waals surface area contributed by atoms with E-state index in [0.717, 1.165) is 37.7 Å². The summed E-state index contributed by atoms with van der Waals surface area (Å²) in [6.07, 6.45) is 2.98. The topological polar surface area (TPSA) is 95.1 Å². The Morgan fingerprint density at radius 3 is 2.92 bits per heavy atom. The quantitative estimate of drug-likeness (QED) is 0.667. The van der Waals surface area contributed by atoms with Crippen LogP contribution in [0.25, 0.3) is 0 Å². The number of benzene rings is 1. The first kappa shape index (κ1) is 16.2. The van der Waals surface area contributed by atoms with Gasteiger partial charge in [0.25, 0.3) is 0 Å². The van der Waals surface area contributed by atoms with Crippen molar-refractivity contribution in [1.82, 2.24) is 14.8 Å². The number of halogens is 1. The molecule has 24 heavy (non-hydrogen) atoms. The highest BCUT2D eigenvalue weighted by molar-refractivity contribution is 5.65. The van der Waals surface area contributed by atoms with Crippen molar-refractivity contribution in [2.45, 2.75) is 38.8 Å². The van der Waals surface area contributed by atoms with Gasteiger partial charge < -0.3 is 14.6 Å². The van der Waals surface area contributed by atoms with Crippen molar-refractivity contribution in [3.63, 3.8) is 0 Å². The number of hydrogen-bond donors (Lipinski definition) is 1. The third-order valence-electron chi connectivity index (χ3n) is 4.10. The van der Waals surface area contributed by atoms with E-state index in [1.54, 1.807) is 0 Å². The van der Waals surface area contributed by atoms with Gasteiger partial charge in [-0.3, -0.25) is 10.1 Å². The van der Waals surface area contributed by atoms with Crippen molar-refractivity contribution in [2.24, 2.45) is 0 Å². The normalized spacial score (nSPS) is 14.8. The van der Waals surface area contributed by atoms with Crippen LogP contribution in [0.15, 0.2) is 12.1 Å². The van der Waals surface area contributed by atoms with E-state index in [-0.39, 0.29) is 17.5 Å². The standard InChI is InChI=1S/C15H18FN5O3/c1-9(15-19-18-13-5-3-4-6-20(13)15)17-12-8-10(24-2)7-11(16)14(12)21(22)23/h7-9,17H,3-6H2,1-2H3. The van der Waals surface area contributed by atoms with Crippen molar-refractivity contribution in [3.8, 4) is 5.75 Å². The van der Waals surface area contributed by atoms with E-state index in [2.05, 4.69) is 15.5 Å². The molecule has 0 fully saturated rings. The van der Waals surface area contributed by atoms with Crippen molar-refractivity contribution in [2.75, 3.05) is 12.4 Å². The van der Waals surface area contributed by atoms with Gasteiger partial charge in [-0.25, -0.2) is 0 Å². The maximum absolute atomic E-state index is 14.0. The van der Waals surface area contributed by atoms with Crippen LogP contribution in [0.4, 0.5) is 15.8 Å². The number of nitrogens with zero attached hydrogens (tertiary/aromatic N) is 4. The van der Waals surface area contributed by atoms with Crippen LogP contribution in [-0.2, 0) is 13.0 Å². The van der Waals surface area contributed by atoms with E-state index in [1.807, 2.05) is 11.5 Å². The fourth-order valence-corrected chi connectivity index (χ4v) is 2.94. The lowest BCUT2D eigenvalue weighted by molar-refractivity contribution is -0.386. The Balaban J connectivity index is 1.94. The minimum absolute atomic E-state index is 0.0532. The Hall–Kier alpha value is -2.71. The van der Waals surface area contributed by atoms with E-state index in [1.165, 1.54) is 13.2 Å². The van der Waals surface area contributed by atoms with Crippen LogP contribution < -0.4 is 10.1 Å². The summed E-state index contributed by atoms with van der Waals surface area (Å²) in [4.78, 5) is 10.4. The Morgan fingerprint density at radius 1 is 1.42 bits per heavy atom. The lowest BCUT2D eigenvalue weighted by atomic mass is 10.1. The molecule has 1 aliphatic rings. The zero-order chi connectivity index (χ0) is 17.3. The second-order valence-electron chi connectivity index (χ2n) is 5.71. The molecular formula is C15H18FN5O3. The summed E-state index contributed by atoms with van der Waals surface area (Å²) in [6.45, 7) is 2.63. The Labute approximate surface area is 137 Å². The Kier molecular flexibility index (Phi) is 4.32. The zero-order valence-corrected chi connectivity index (χ0v) is 13.5. The molecule has 0 bridgehead atoms. The Bertz CT molecular complexity index is 777. The van der Waals surface area contributed by atoms with Crippen LogP contribution >= 0.6 is 0 Å². The number of anilines is 1. The SMILES string of the molecule is COc1cc(F)c([N+](=O)[O-])c(NC(C)c2nnc3n2CCCC3)c1. The third kappa shape index (κ3) is 2.89. The first-order chi connectivity index (χ1) is 11.5. The van der Waals surface area contributed by atoms with Gasteiger partial charge in [0.1, 0.15) is 17.3 Å². The minimum Gasteiger partial charge on any atom is -0.497 e. The van der Waals surface area contributed by atoms with Crippen LogP contribution in [0.1, 0.15) is 37.5 Å². The molecule has 128 valence electrons. The largest absolute Gasteiger partial charge is 0.497 e. The van der Waals surface area contributed by atoms with Gasteiger partial charge in [0.2, 0.25) is 5.82 Å². The van der Waals surface area contributed by atoms with Gasteiger partial charge >= 0.3 is 5.69 Å². The molecule has 1 atom stereocenters. The van der Waals surface area contributed by atoms with E-state index >= 15 is 0 Å². The number of nitro groups is 1. The van der Waals surface area contributed by atoms with E-state index < -0.39 is 16.4 Å². The number of ether oxygens (including phenoxy) is 1. The van der Waals surface area contributed by atoms with Gasteiger partial charge in [-0.2, -0.15) is 4.39 Å². The second kappa shape index (κ2) is 6.42. The number of rotatable bonds is 5. The average Bonchev–Trinajstić information content (AvgIpc) is 2.98. The number of methoxy groups -OCH3 is 1. The molecule has 9 heteroatoms. The van der Waals surface area contributed by atoms with Gasteiger partial charge in [-0.15, -0.1) is 10.2 Å². The summed E-state index contributed by atoms with van der Waals surface area (Å²) >= 11 is 0. The first-order valence-electron chi connectivity index (χ1n) is 7.71. The molecule has 1 aromatic carbocycles. The van der Waals surface area contributed by atoms with Crippen LogP contribution in [0, 0.1) is 15.9 Å². The lowest BCUT2D eigenvalue weighted by Crippen LogP contribution is -2.18. The molecule has 0 radical (unpaired) electrons. The molecule has 1 N–H and O–H groups in total. The summed E-state index contributed by atoms with van der Waals surface area (Å²) in [5.41, 5.74) is -0.557. The summed E-state index contributed by atoms with van der Waals surface area (Å²) in [5.74, 6) is 0.854.